The molecule has 4 N–H and O–H groups in total. The Bertz CT molecular complexity index is 508. The Balaban J connectivity index is 1.95. The van der Waals surface area contributed by atoms with Gasteiger partial charge < -0.3 is 26.0 Å². The highest BCUT2D eigenvalue weighted by molar-refractivity contribution is 5.69. The van der Waals surface area contributed by atoms with Crippen molar-refractivity contribution in [2.45, 2.75) is 38.5 Å². The van der Waals surface area contributed by atoms with E-state index in [0.29, 0.717) is 11.9 Å². The maximum Gasteiger partial charge on any atom is 0.224 e. The predicted molar refractivity (Wildman–Crippen MR) is 79.3 cm³/mol. The molecule has 0 aromatic carbocycles. The van der Waals surface area contributed by atoms with E-state index in [2.05, 4.69) is 32.4 Å². The van der Waals surface area contributed by atoms with Gasteiger partial charge in [-0.3, -0.25) is 0 Å². The van der Waals surface area contributed by atoms with Gasteiger partial charge in [-0.1, -0.05) is 0 Å². The first kappa shape index (κ1) is 13.2. The molecular weight excluding hydrogens is 256 g/mol. The summed E-state index contributed by atoms with van der Waals surface area (Å²) in [5.74, 6) is 2.51. The lowest BCUT2D eigenvalue weighted by atomic mass is 10.2. The first-order valence-corrected chi connectivity index (χ1v) is 7.11. The van der Waals surface area contributed by atoms with Gasteiger partial charge in [0.2, 0.25) is 11.7 Å². The summed E-state index contributed by atoms with van der Waals surface area (Å²) in [5.41, 5.74) is 5.84. The third-order valence-corrected chi connectivity index (χ3v) is 4.13. The van der Waals surface area contributed by atoms with Crippen LogP contribution in [0.25, 0.3) is 0 Å². The maximum absolute atomic E-state index is 6.01. The van der Waals surface area contributed by atoms with E-state index in [1.54, 1.807) is 0 Å². The average Bonchev–Trinajstić information content (AvgIpc) is 2.88. The van der Waals surface area contributed by atoms with Crippen LogP contribution >= 0.6 is 0 Å². The molecule has 110 valence electrons. The van der Waals surface area contributed by atoms with E-state index in [1.165, 1.54) is 0 Å². The molecular formula is C13H22N6O. The molecule has 0 saturated carbocycles. The number of likely N-dealkylation sites (N-methyl/N-ethyl adjacent to an activating group) is 1. The summed E-state index contributed by atoms with van der Waals surface area (Å²) in [7, 11) is 1.99. The molecule has 0 radical (unpaired) electrons. The van der Waals surface area contributed by atoms with Crippen molar-refractivity contribution in [1.82, 2.24) is 15.3 Å². The van der Waals surface area contributed by atoms with E-state index in [4.69, 9.17) is 10.5 Å². The number of nitrogens with zero attached hydrogens (tertiary/aromatic N) is 3. The van der Waals surface area contributed by atoms with Crippen molar-refractivity contribution in [2.75, 3.05) is 36.1 Å². The monoisotopic (exact) mass is 278 g/mol. The number of aromatic nitrogens is 2. The fraction of sp³-hybridized carbons (Fsp3) is 0.692. The SMILES string of the molecule is CN[C@@H]1CCN(c2nc(N)nc3c2O[C@H](C)[C@H](C)N3)C1. The lowest BCUT2D eigenvalue weighted by molar-refractivity contribution is 0.192. The second-order valence-electron chi connectivity index (χ2n) is 5.56. The van der Waals surface area contributed by atoms with Crippen LogP contribution in [0.15, 0.2) is 0 Å². The maximum atomic E-state index is 6.01. The second kappa shape index (κ2) is 4.97. The highest BCUT2D eigenvalue weighted by Crippen LogP contribution is 2.39. The van der Waals surface area contributed by atoms with Gasteiger partial charge in [0, 0.05) is 19.1 Å². The van der Waals surface area contributed by atoms with Crippen molar-refractivity contribution in [3.63, 3.8) is 0 Å². The molecule has 0 unspecified atom stereocenters. The highest BCUT2D eigenvalue weighted by Gasteiger charge is 2.32. The predicted octanol–water partition coefficient (Wildman–Crippen LogP) is 0.438. The lowest BCUT2D eigenvalue weighted by Crippen LogP contribution is -2.39. The minimum absolute atomic E-state index is 0.0798. The van der Waals surface area contributed by atoms with Crippen LogP contribution in [0.1, 0.15) is 20.3 Å². The summed E-state index contributed by atoms with van der Waals surface area (Å²) in [6.07, 6.45) is 1.17. The van der Waals surface area contributed by atoms with Gasteiger partial charge in [0.25, 0.3) is 0 Å². The minimum atomic E-state index is 0.0798. The van der Waals surface area contributed by atoms with Crippen LogP contribution in [0.2, 0.25) is 0 Å². The standard InChI is InChI=1S/C13H22N6O/c1-7-8(2)20-10-11(16-7)17-13(14)18-12(10)19-5-4-9(6-19)15-3/h7-9,15H,4-6H2,1-3H3,(H3,14,16,17,18)/t7-,8+,9+/m0/s1. The zero-order chi connectivity index (χ0) is 14.3. The summed E-state index contributed by atoms with van der Waals surface area (Å²) in [5, 5.41) is 6.64. The van der Waals surface area contributed by atoms with E-state index in [9.17, 15) is 0 Å². The van der Waals surface area contributed by atoms with Gasteiger partial charge in [-0.2, -0.15) is 9.97 Å². The summed E-state index contributed by atoms with van der Waals surface area (Å²) >= 11 is 0. The van der Waals surface area contributed by atoms with E-state index in [-0.39, 0.29) is 18.1 Å². The van der Waals surface area contributed by atoms with Crippen molar-refractivity contribution in [1.29, 1.82) is 0 Å². The van der Waals surface area contributed by atoms with Crippen molar-refractivity contribution in [2.24, 2.45) is 0 Å². The molecule has 0 aliphatic carbocycles. The largest absolute Gasteiger partial charge is 0.481 e. The summed E-state index contributed by atoms with van der Waals surface area (Å²) in [6.45, 7) is 5.97. The molecule has 1 aromatic heterocycles. The van der Waals surface area contributed by atoms with Gasteiger partial charge in [0.05, 0.1) is 6.04 Å². The molecule has 0 spiro atoms. The third kappa shape index (κ3) is 2.22. The van der Waals surface area contributed by atoms with Gasteiger partial charge in [-0.15, -0.1) is 0 Å². The van der Waals surface area contributed by atoms with Crippen LogP contribution in [0, 0.1) is 0 Å². The summed E-state index contributed by atoms with van der Waals surface area (Å²) in [4.78, 5) is 10.9. The molecule has 1 fully saturated rings. The molecule has 3 heterocycles. The number of nitrogens with one attached hydrogen (secondary N) is 2. The Kier molecular flexibility index (Phi) is 3.29. The van der Waals surface area contributed by atoms with E-state index < -0.39 is 0 Å². The van der Waals surface area contributed by atoms with Gasteiger partial charge in [0.1, 0.15) is 6.10 Å². The Morgan fingerprint density at radius 1 is 1.40 bits per heavy atom. The lowest BCUT2D eigenvalue weighted by Gasteiger charge is -2.32. The fourth-order valence-electron chi connectivity index (χ4n) is 2.69. The molecule has 1 saturated heterocycles. The Morgan fingerprint density at radius 2 is 2.20 bits per heavy atom. The van der Waals surface area contributed by atoms with Gasteiger partial charge in [0.15, 0.2) is 11.6 Å². The molecule has 20 heavy (non-hydrogen) atoms. The number of nitrogen functional groups attached to an aromatic ring is 1. The zero-order valence-electron chi connectivity index (χ0n) is 12.2. The molecule has 7 nitrogen and oxygen atoms in total. The fourth-order valence-corrected chi connectivity index (χ4v) is 2.69. The molecule has 1 aromatic rings. The number of hydrogen-bond donors (Lipinski definition) is 3. The van der Waals surface area contributed by atoms with Crippen LogP contribution in [0.4, 0.5) is 17.6 Å². The summed E-state index contributed by atoms with van der Waals surface area (Å²) < 4.78 is 6.01. The molecule has 2 aliphatic heterocycles. The van der Waals surface area contributed by atoms with Crippen molar-refractivity contribution in [3.8, 4) is 5.75 Å². The van der Waals surface area contributed by atoms with E-state index in [1.807, 2.05) is 14.0 Å². The quantitative estimate of drug-likeness (QED) is 0.723. The summed E-state index contributed by atoms with van der Waals surface area (Å²) in [6, 6.07) is 0.683. The number of nitrogens with two attached hydrogens (primary N) is 1. The van der Waals surface area contributed by atoms with Crippen molar-refractivity contribution >= 4 is 17.6 Å². The number of fused-ring (bicyclic) bond motifs is 1. The molecule has 7 heteroatoms. The first-order chi connectivity index (χ1) is 9.58. The molecule has 0 bridgehead atoms. The average molecular weight is 278 g/mol. The third-order valence-electron chi connectivity index (χ3n) is 4.13. The second-order valence-corrected chi connectivity index (χ2v) is 5.56. The number of ether oxygens (including phenoxy) is 1. The molecule has 3 rings (SSSR count). The molecule has 3 atom stereocenters. The Morgan fingerprint density at radius 3 is 2.90 bits per heavy atom. The van der Waals surface area contributed by atoms with Crippen LogP contribution in [-0.4, -0.2) is 48.3 Å². The van der Waals surface area contributed by atoms with Gasteiger partial charge in [-0.25, -0.2) is 0 Å². The van der Waals surface area contributed by atoms with Crippen molar-refractivity contribution < 1.29 is 4.74 Å². The zero-order valence-corrected chi connectivity index (χ0v) is 12.2. The van der Waals surface area contributed by atoms with Gasteiger partial charge in [-0.05, 0) is 27.3 Å². The Hall–Kier alpha value is -1.76. The number of rotatable bonds is 2. The van der Waals surface area contributed by atoms with E-state index in [0.717, 1.165) is 31.1 Å². The van der Waals surface area contributed by atoms with E-state index >= 15 is 0 Å². The number of anilines is 3. The molecule has 0 amide bonds. The first-order valence-electron chi connectivity index (χ1n) is 7.11. The smallest absolute Gasteiger partial charge is 0.224 e. The van der Waals surface area contributed by atoms with Gasteiger partial charge >= 0.3 is 0 Å². The van der Waals surface area contributed by atoms with Crippen LogP contribution in [-0.2, 0) is 0 Å². The van der Waals surface area contributed by atoms with Crippen LogP contribution in [0.3, 0.4) is 0 Å². The minimum Gasteiger partial charge on any atom is -0.481 e. The van der Waals surface area contributed by atoms with Crippen LogP contribution < -0.4 is 26.0 Å². The normalized spacial score (nSPS) is 28.8. The number of hydrogen-bond acceptors (Lipinski definition) is 7. The van der Waals surface area contributed by atoms with Crippen molar-refractivity contribution in [3.05, 3.63) is 0 Å². The topological polar surface area (TPSA) is 88.3 Å². The molecule has 2 aliphatic rings. The van der Waals surface area contributed by atoms with Crippen LogP contribution in [0.5, 0.6) is 5.75 Å². The highest BCUT2D eigenvalue weighted by atomic mass is 16.5. The Labute approximate surface area is 118 Å².